The highest BCUT2D eigenvalue weighted by Gasteiger charge is 2.31. The maximum Gasteiger partial charge on any atom is 0.253 e. The number of carbonyl (C=O) groups is 2. The molecule has 2 saturated heterocycles. The van der Waals surface area contributed by atoms with Gasteiger partial charge >= 0.3 is 0 Å². The second-order valence-corrected chi connectivity index (χ2v) is 7.97. The molecule has 2 atom stereocenters. The molecule has 2 aliphatic heterocycles. The largest absolute Gasteiger partial charge is 0.368 e. The van der Waals surface area contributed by atoms with E-state index in [2.05, 4.69) is 0 Å². The lowest BCUT2D eigenvalue weighted by Crippen LogP contribution is -2.52. The van der Waals surface area contributed by atoms with Crippen molar-refractivity contribution < 1.29 is 18.5 Å². The van der Waals surface area contributed by atoms with Gasteiger partial charge in [0.15, 0.2) is 0 Å². The van der Waals surface area contributed by atoms with Crippen LogP contribution in [0.2, 0.25) is 0 Å². The maximum absolute atomic E-state index is 12.7. The van der Waals surface area contributed by atoms with E-state index in [1.807, 2.05) is 18.2 Å². The van der Waals surface area contributed by atoms with Crippen molar-refractivity contribution in [3.05, 3.63) is 35.4 Å². The zero-order chi connectivity index (χ0) is 17.8. The third kappa shape index (κ3) is 4.46. The number of benzene rings is 1. The predicted octanol–water partition coefficient (Wildman–Crippen LogP) is 1.03. The molecule has 1 aromatic carbocycles. The van der Waals surface area contributed by atoms with Gasteiger partial charge in [0, 0.05) is 61.2 Å². The highest BCUT2D eigenvalue weighted by atomic mass is 32.2. The van der Waals surface area contributed by atoms with Gasteiger partial charge in [0.05, 0.1) is 0 Å². The quantitative estimate of drug-likeness (QED) is 0.800. The average Bonchev–Trinajstić information content (AvgIpc) is 3.15. The summed E-state index contributed by atoms with van der Waals surface area (Å²) in [5.41, 5.74) is 1.51. The predicted molar refractivity (Wildman–Crippen MR) is 95.7 cm³/mol. The number of hydrogen-bond acceptors (Lipinski definition) is 4. The second-order valence-electron chi connectivity index (χ2n) is 6.54. The summed E-state index contributed by atoms with van der Waals surface area (Å²) in [6.45, 7) is 2.81. The van der Waals surface area contributed by atoms with Crippen molar-refractivity contribution in [1.29, 1.82) is 0 Å². The first-order chi connectivity index (χ1) is 12.0. The average molecular weight is 364 g/mol. The molecule has 0 bridgehead atoms. The van der Waals surface area contributed by atoms with E-state index in [1.54, 1.807) is 22.1 Å². The van der Waals surface area contributed by atoms with E-state index < -0.39 is 10.8 Å². The van der Waals surface area contributed by atoms with Crippen molar-refractivity contribution in [2.24, 2.45) is 0 Å². The summed E-state index contributed by atoms with van der Waals surface area (Å²) in [7, 11) is -0.935. The summed E-state index contributed by atoms with van der Waals surface area (Å²) in [5, 5.41) is 0. The Balaban J connectivity index is 1.58. The molecule has 0 aliphatic carbocycles. The van der Waals surface area contributed by atoms with Crippen LogP contribution in [0.25, 0.3) is 0 Å². The molecule has 7 heteroatoms. The Labute approximate surface area is 150 Å². The highest BCUT2D eigenvalue weighted by Crippen LogP contribution is 2.17. The minimum Gasteiger partial charge on any atom is -0.368 e. The molecule has 0 saturated carbocycles. The fraction of sp³-hybridized carbons (Fsp3) is 0.556. The standard InChI is InChI=1S/C18H24N2O4S/c1-25(23)13-14-4-2-5-15(12-14)17(21)19-7-9-20(10-8-19)18(22)16-6-3-11-24-16/h2,4-5,12,16H,3,6-11,13H2,1H3. The number of carbonyl (C=O) groups excluding carboxylic acids is 2. The van der Waals surface area contributed by atoms with Crippen molar-refractivity contribution in [1.82, 2.24) is 9.80 Å². The molecule has 6 nitrogen and oxygen atoms in total. The van der Waals surface area contributed by atoms with E-state index in [4.69, 9.17) is 4.74 Å². The zero-order valence-corrected chi connectivity index (χ0v) is 15.3. The van der Waals surface area contributed by atoms with Gasteiger partial charge in [-0.25, -0.2) is 0 Å². The van der Waals surface area contributed by atoms with Crippen LogP contribution in [-0.2, 0) is 26.1 Å². The first kappa shape index (κ1) is 18.1. The molecule has 0 N–H and O–H groups in total. The van der Waals surface area contributed by atoms with E-state index >= 15 is 0 Å². The van der Waals surface area contributed by atoms with Crippen LogP contribution < -0.4 is 0 Å². The van der Waals surface area contributed by atoms with Gasteiger partial charge < -0.3 is 14.5 Å². The Morgan fingerprint density at radius 3 is 2.56 bits per heavy atom. The summed E-state index contributed by atoms with van der Waals surface area (Å²) in [4.78, 5) is 28.6. The lowest BCUT2D eigenvalue weighted by Gasteiger charge is -2.35. The van der Waals surface area contributed by atoms with Crippen LogP contribution in [-0.4, -0.2) is 71.0 Å². The van der Waals surface area contributed by atoms with Crippen molar-refractivity contribution in [3.63, 3.8) is 0 Å². The van der Waals surface area contributed by atoms with Gasteiger partial charge in [-0.3, -0.25) is 13.8 Å². The number of nitrogens with zero attached hydrogens (tertiary/aromatic N) is 2. The summed E-state index contributed by atoms with van der Waals surface area (Å²) >= 11 is 0. The normalized spacial score (nSPS) is 22.0. The van der Waals surface area contributed by atoms with Crippen molar-refractivity contribution in [2.45, 2.75) is 24.7 Å². The summed E-state index contributed by atoms with van der Waals surface area (Å²) < 4.78 is 16.8. The smallest absolute Gasteiger partial charge is 0.253 e. The van der Waals surface area contributed by atoms with Crippen molar-refractivity contribution >= 4 is 22.6 Å². The summed E-state index contributed by atoms with van der Waals surface area (Å²) in [6.07, 6.45) is 3.09. The second kappa shape index (κ2) is 8.10. The molecular formula is C18H24N2O4S. The number of piperazine rings is 1. The number of ether oxygens (including phenoxy) is 1. The first-order valence-electron chi connectivity index (χ1n) is 8.63. The van der Waals surface area contributed by atoms with E-state index in [0.29, 0.717) is 44.1 Å². The fourth-order valence-corrected chi connectivity index (χ4v) is 3.97. The molecule has 2 fully saturated rings. The topological polar surface area (TPSA) is 66.9 Å². The lowest BCUT2D eigenvalue weighted by atomic mass is 10.1. The van der Waals surface area contributed by atoms with Crippen LogP contribution in [0, 0.1) is 0 Å². The van der Waals surface area contributed by atoms with Gasteiger partial charge in [-0.2, -0.15) is 0 Å². The van der Waals surface area contributed by atoms with E-state index in [-0.39, 0.29) is 17.9 Å². The monoisotopic (exact) mass is 364 g/mol. The van der Waals surface area contributed by atoms with Crippen molar-refractivity contribution in [2.75, 3.05) is 39.0 Å². The van der Waals surface area contributed by atoms with Crippen molar-refractivity contribution in [3.8, 4) is 0 Å². The highest BCUT2D eigenvalue weighted by molar-refractivity contribution is 7.83. The number of hydrogen-bond donors (Lipinski definition) is 0. The molecule has 136 valence electrons. The Hall–Kier alpha value is -1.73. The molecule has 2 heterocycles. The minimum absolute atomic E-state index is 0.0343. The Morgan fingerprint density at radius 2 is 1.92 bits per heavy atom. The van der Waals surface area contributed by atoms with Crippen LogP contribution in [0.1, 0.15) is 28.8 Å². The Kier molecular flexibility index (Phi) is 5.86. The molecule has 3 rings (SSSR count). The van der Waals surface area contributed by atoms with E-state index in [0.717, 1.165) is 18.4 Å². The molecule has 0 radical (unpaired) electrons. The van der Waals surface area contributed by atoms with Gasteiger partial charge in [0.25, 0.3) is 11.8 Å². The molecule has 2 unspecified atom stereocenters. The van der Waals surface area contributed by atoms with Crippen LogP contribution in [0.5, 0.6) is 0 Å². The fourth-order valence-electron chi connectivity index (χ4n) is 3.32. The molecule has 2 amide bonds. The maximum atomic E-state index is 12.7. The van der Waals surface area contributed by atoms with Gasteiger partial charge in [0.2, 0.25) is 0 Å². The summed E-state index contributed by atoms with van der Waals surface area (Å²) in [5.74, 6) is 0.468. The third-order valence-corrected chi connectivity index (χ3v) is 5.37. The van der Waals surface area contributed by atoms with Crippen LogP contribution in [0.15, 0.2) is 24.3 Å². The van der Waals surface area contributed by atoms with Crippen LogP contribution in [0.3, 0.4) is 0 Å². The number of rotatable bonds is 4. The molecule has 1 aromatic rings. The number of amides is 2. The Morgan fingerprint density at radius 1 is 1.20 bits per heavy atom. The summed E-state index contributed by atoms with van der Waals surface area (Å²) in [6, 6.07) is 7.31. The van der Waals surface area contributed by atoms with Gasteiger partial charge in [-0.15, -0.1) is 0 Å². The minimum atomic E-state index is -0.935. The lowest BCUT2D eigenvalue weighted by molar-refractivity contribution is -0.142. The molecule has 0 aromatic heterocycles. The third-order valence-electron chi connectivity index (χ3n) is 4.63. The van der Waals surface area contributed by atoms with E-state index in [1.165, 1.54) is 0 Å². The van der Waals surface area contributed by atoms with E-state index in [9.17, 15) is 13.8 Å². The molecule has 0 spiro atoms. The van der Waals surface area contributed by atoms with Crippen LogP contribution in [0.4, 0.5) is 0 Å². The van der Waals surface area contributed by atoms with Gasteiger partial charge in [-0.1, -0.05) is 12.1 Å². The molecule has 25 heavy (non-hydrogen) atoms. The molecule has 2 aliphatic rings. The van der Waals surface area contributed by atoms with Gasteiger partial charge in [-0.05, 0) is 30.5 Å². The van der Waals surface area contributed by atoms with Crippen LogP contribution >= 0.6 is 0 Å². The zero-order valence-electron chi connectivity index (χ0n) is 14.5. The first-order valence-corrected chi connectivity index (χ1v) is 10.4. The molecular weight excluding hydrogens is 340 g/mol. The SMILES string of the molecule is CS(=O)Cc1cccc(C(=O)N2CCN(C(=O)C3CCCO3)CC2)c1. The Bertz CT molecular complexity index is 665. The van der Waals surface area contributed by atoms with Gasteiger partial charge in [0.1, 0.15) is 6.10 Å².